The molecule has 0 saturated carbocycles. The molecule has 0 aromatic heterocycles. The number of amides is 1. The van der Waals surface area contributed by atoms with Gasteiger partial charge in [-0.05, 0) is 24.7 Å². The first-order valence-electron chi connectivity index (χ1n) is 4.50. The number of alkyl halides is 3. The van der Waals surface area contributed by atoms with E-state index in [1.165, 1.54) is 19.2 Å². The fourth-order valence-corrected chi connectivity index (χ4v) is 1.37. The van der Waals surface area contributed by atoms with Crippen LogP contribution in [0.4, 0.5) is 13.2 Å². The maximum atomic E-state index is 12.4. The summed E-state index contributed by atoms with van der Waals surface area (Å²) in [5, 5.41) is 2.55. The molecule has 0 heterocycles. The Bertz CT molecular complexity index is 390. The van der Waals surface area contributed by atoms with Crippen LogP contribution in [0.25, 0.3) is 0 Å². The van der Waals surface area contributed by atoms with E-state index < -0.39 is 23.7 Å². The number of halogens is 3. The number of carbonyl (C=O) groups excluding carboxylic acids is 1. The highest BCUT2D eigenvalue weighted by molar-refractivity contribution is 5.81. The number of primary amides is 1. The Kier molecular flexibility index (Phi) is 3.54. The Labute approximate surface area is 90.4 Å². The summed E-state index contributed by atoms with van der Waals surface area (Å²) < 4.78 is 37.2. The van der Waals surface area contributed by atoms with Crippen LogP contribution in [-0.4, -0.2) is 13.0 Å². The molecule has 16 heavy (non-hydrogen) atoms. The van der Waals surface area contributed by atoms with Crippen molar-refractivity contribution in [3.8, 4) is 0 Å². The lowest BCUT2D eigenvalue weighted by atomic mass is 10.0. The fraction of sp³-hybridized carbons (Fsp3) is 0.300. The van der Waals surface area contributed by atoms with Crippen molar-refractivity contribution in [1.82, 2.24) is 5.32 Å². The van der Waals surface area contributed by atoms with E-state index in [-0.39, 0.29) is 5.56 Å². The zero-order valence-electron chi connectivity index (χ0n) is 8.51. The van der Waals surface area contributed by atoms with Crippen LogP contribution in [0.3, 0.4) is 0 Å². The molecule has 6 heteroatoms. The van der Waals surface area contributed by atoms with Crippen LogP contribution in [0.1, 0.15) is 17.2 Å². The third-order valence-corrected chi connectivity index (χ3v) is 2.12. The predicted octanol–water partition coefficient (Wildman–Crippen LogP) is 1.45. The Morgan fingerprint density at radius 1 is 1.44 bits per heavy atom. The molecule has 1 aromatic carbocycles. The number of hydrogen-bond donors (Lipinski definition) is 2. The van der Waals surface area contributed by atoms with Crippen molar-refractivity contribution >= 4 is 5.91 Å². The van der Waals surface area contributed by atoms with Crippen molar-refractivity contribution < 1.29 is 18.0 Å². The van der Waals surface area contributed by atoms with Crippen molar-refractivity contribution in [1.29, 1.82) is 0 Å². The molecule has 1 amide bonds. The van der Waals surface area contributed by atoms with Crippen LogP contribution in [0.5, 0.6) is 0 Å². The van der Waals surface area contributed by atoms with Gasteiger partial charge in [0.15, 0.2) is 0 Å². The van der Waals surface area contributed by atoms with Gasteiger partial charge in [-0.25, -0.2) is 0 Å². The van der Waals surface area contributed by atoms with E-state index in [9.17, 15) is 18.0 Å². The van der Waals surface area contributed by atoms with Gasteiger partial charge < -0.3 is 11.1 Å². The quantitative estimate of drug-likeness (QED) is 0.828. The summed E-state index contributed by atoms with van der Waals surface area (Å²) in [7, 11) is 1.45. The van der Waals surface area contributed by atoms with Gasteiger partial charge in [-0.1, -0.05) is 12.1 Å². The van der Waals surface area contributed by atoms with Crippen molar-refractivity contribution in [2.75, 3.05) is 7.05 Å². The van der Waals surface area contributed by atoms with Crippen LogP contribution in [0.2, 0.25) is 0 Å². The molecule has 1 atom stereocenters. The van der Waals surface area contributed by atoms with Gasteiger partial charge in [-0.2, -0.15) is 13.2 Å². The van der Waals surface area contributed by atoms with Crippen LogP contribution in [0.15, 0.2) is 24.3 Å². The molecule has 0 saturated heterocycles. The van der Waals surface area contributed by atoms with E-state index in [1.807, 2.05) is 0 Å². The predicted molar refractivity (Wildman–Crippen MR) is 52.4 cm³/mol. The molecule has 0 aliphatic carbocycles. The van der Waals surface area contributed by atoms with Crippen LogP contribution < -0.4 is 11.1 Å². The molecule has 0 unspecified atom stereocenters. The van der Waals surface area contributed by atoms with Gasteiger partial charge in [-0.15, -0.1) is 0 Å². The molecule has 3 nitrogen and oxygen atoms in total. The highest BCUT2D eigenvalue weighted by atomic mass is 19.4. The minimum absolute atomic E-state index is 0.199. The summed E-state index contributed by atoms with van der Waals surface area (Å²) in [4.78, 5) is 11.0. The summed E-state index contributed by atoms with van der Waals surface area (Å²) in [6.45, 7) is 0. The molecule has 0 fully saturated rings. The maximum Gasteiger partial charge on any atom is 0.416 e. The van der Waals surface area contributed by atoms with E-state index >= 15 is 0 Å². The van der Waals surface area contributed by atoms with Gasteiger partial charge in [0.2, 0.25) is 5.91 Å². The average Bonchev–Trinajstić information content (AvgIpc) is 2.17. The topological polar surface area (TPSA) is 55.1 Å². The Morgan fingerprint density at radius 2 is 2.06 bits per heavy atom. The lowest BCUT2D eigenvalue weighted by Crippen LogP contribution is -2.31. The molecule has 1 aromatic rings. The van der Waals surface area contributed by atoms with Crippen LogP contribution in [0, 0.1) is 0 Å². The molecule has 1 rings (SSSR count). The number of likely N-dealkylation sites (N-methyl/N-ethyl adjacent to an activating group) is 1. The van der Waals surface area contributed by atoms with Crippen molar-refractivity contribution in [3.63, 3.8) is 0 Å². The largest absolute Gasteiger partial charge is 0.416 e. The summed E-state index contributed by atoms with van der Waals surface area (Å²) >= 11 is 0. The van der Waals surface area contributed by atoms with Crippen LogP contribution in [-0.2, 0) is 11.0 Å². The SMILES string of the molecule is CN[C@H](C(N)=O)c1cccc(C(F)(F)F)c1. The van der Waals surface area contributed by atoms with Gasteiger partial charge in [0.1, 0.15) is 6.04 Å². The first kappa shape index (κ1) is 12.5. The first-order valence-corrected chi connectivity index (χ1v) is 4.50. The monoisotopic (exact) mass is 232 g/mol. The number of nitrogens with one attached hydrogen (secondary N) is 1. The summed E-state index contributed by atoms with van der Waals surface area (Å²) in [5.74, 6) is -0.721. The maximum absolute atomic E-state index is 12.4. The molecule has 0 spiro atoms. The second-order valence-corrected chi connectivity index (χ2v) is 3.25. The second-order valence-electron chi connectivity index (χ2n) is 3.25. The normalized spacial score (nSPS) is 13.5. The number of benzene rings is 1. The number of hydrogen-bond acceptors (Lipinski definition) is 2. The second kappa shape index (κ2) is 4.52. The Morgan fingerprint density at radius 3 is 2.50 bits per heavy atom. The van der Waals surface area contributed by atoms with E-state index in [1.54, 1.807) is 0 Å². The Hall–Kier alpha value is -1.56. The Balaban J connectivity index is 3.11. The highest BCUT2D eigenvalue weighted by Gasteiger charge is 2.31. The molecule has 0 aliphatic rings. The zero-order valence-corrected chi connectivity index (χ0v) is 8.51. The molecular formula is C10H11F3N2O. The van der Waals surface area contributed by atoms with Crippen molar-refractivity contribution in [2.45, 2.75) is 12.2 Å². The van der Waals surface area contributed by atoms with Gasteiger partial charge in [-0.3, -0.25) is 4.79 Å². The molecule has 88 valence electrons. The van der Waals surface area contributed by atoms with E-state index in [2.05, 4.69) is 5.32 Å². The van der Waals surface area contributed by atoms with Crippen LogP contribution >= 0.6 is 0 Å². The van der Waals surface area contributed by atoms with Gasteiger partial charge >= 0.3 is 6.18 Å². The third kappa shape index (κ3) is 2.73. The summed E-state index contributed by atoms with van der Waals surface area (Å²) in [6.07, 6.45) is -4.42. The molecule has 0 bridgehead atoms. The minimum Gasteiger partial charge on any atom is -0.368 e. The van der Waals surface area contributed by atoms with E-state index in [0.29, 0.717) is 0 Å². The molecule has 0 radical (unpaired) electrons. The number of nitrogens with two attached hydrogens (primary N) is 1. The van der Waals surface area contributed by atoms with Crippen molar-refractivity contribution in [2.24, 2.45) is 5.73 Å². The number of carbonyl (C=O) groups is 1. The first-order chi connectivity index (χ1) is 7.36. The standard InChI is InChI=1S/C10H11F3N2O/c1-15-8(9(14)16)6-3-2-4-7(5-6)10(11,12)13/h2-5,8,15H,1H3,(H2,14,16)/t8-/m0/s1. The van der Waals surface area contributed by atoms with E-state index in [4.69, 9.17) is 5.73 Å². The lowest BCUT2D eigenvalue weighted by Gasteiger charge is -2.14. The third-order valence-electron chi connectivity index (χ3n) is 2.12. The lowest BCUT2D eigenvalue weighted by molar-refractivity contribution is -0.137. The molecule has 0 aliphatic heterocycles. The highest BCUT2D eigenvalue weighted by Crippen LogP contribution is 2.30. The number of rotatable bonds is 3. The minimum atomic E-state index is -4.42. The average molecular weight is 232 g/mol. The zero-order chi connectivity index (χ0) is 12.3. The van der Waals surface area contributed by atoms with E-state index in [0.717, 1.165) is 12.1 Å². The van der Waals surface area contributed by atoms with Gasteiger partial charge in [0, 0.05) is 0 Å². The van der Waals surface area contributed by atoms with Gasteiger partial charge in [0.05, 0.1) is 5.56 Å². The summed E-state index contributed by atoms with van der Waals surface area (Å²) in [6, 6.07) is 3.60. The fourth-order valence-electron chi connectivity index (χ4n) is 1.37. The summed E-state index contributed by atoms with van der Waals surface area (Å²) in [5.41, 5.74) is 4.46. The molecular weight excluding hydrogens is 221 g/mol. The van der Waals surface area contributed by atoms with Crippen molar-refractivity contribution in [3.05, 3.63) is 35.4 Å². The molecule has 3 N–H and O–H groups in total. The smallest absolute Gasteiger partial charge is 0.368 e. The van der Waals surface area contributed by atoms with Gasteiger partial charge in [0.25, 0.3) is 0 Å².